The average Bonchev–Trinajstić information content (AvgIpc) is 2.44. The van der Waals surface area contributed by atoms with Gasteiger partial charge in [-0.15, -0.1) is 12.4 Å². The summed E-state index contributed by atoms with van der Waals surface area (Å²) in [4.78, 5) is 14.5. The number of nitrogens with two attached hydrogens (primary N) is 1. The third-order valence-electron chi connectivity index (χ3n) is 4.53. The summed E-state index contributed by atoms with van der Waals surface area (Å²) in [7, 11) is -3.16. The Hall–Kier alpha value is -0.370. The molecule has 1 amide bonds. The van der Waals surface area contributed by atoms with Gasteiger partial charge in [-0.25, -0.2) is 13.1 Å². The van der Waals surface area contributed by atoms with Crippen molar-refractivity contribution in [2.45, 2.75) is 44.6 Å². The van der Waals surface area contributed by atoms with Crippen LogP contribution in [0, 0.1) is 11.8 Å². The summed E-state index contributed by atoms with van der Waals surface area (Å²) in [5, 5.41) is 0. The van der Waals surface area contributed by atoms with Gasteiger partial charge in [-0.05, 0) is 38.0 Å². The molecule has 0 bridgehead atoms. The molecular weight excluding hydrogens is 326 g/mol. The number of rotatable bonds is 4. The molecule has 1 heterocycles. The molecule has 3 unspecified atom stereocenters. The number of piperidine rings is 1. The molecule has 3 N–H and O–H groups in total. The van der Waals surface area contributed by atoms with Crippen molar-refractivity contribution in [1.29, 1.82) is 0 Å². The quantitative estimate of drug-likeness (QED) is 0.778. The Morgan fingerprint density at radius 2 is 2.00 bits per heavy atom. The Morgan fingerprint density at radius 1 is 1.27 bits per heavy atom. The predicted octanol–water partition coefficient (Wildman–Crippen LogP) is 0.714. The molecule has 1 saturated heterocycles. The van der Waals surface area contributed by atoms with Crippen LogP contribution in [0.2, 0.25) is 0 Å². The smallest absolute Gasteiger partial charge is 0.225 e. The van der Waals surface area contributed by atoms with Crippen molar-refractivity contribution in [2.24, 2.45) is 17.6 Å². The van der Waals surface area contributed by atoms with Gasteiger partial charge in [0.15, 0.2) is 0 Å². The predicted molar refractivity (Wildman–Crippen MR) is 89.3 cm³/mol. The van der Waals surface area contributed by atoms with Gasteiger partial charge in [0.05, 0.1) is 6.26 Å². The van der Waals surface area contributed by atoms with E-state index in [9.17, 15) is 13.2 Å². The molecule has 0 radical (unpaired) electrons. The summed E-state index contributed by atoms with van der Waals surface area (Å²) in [5.41, 5.74) is 5.97. The van der Waals surface area contributed by atoms with E-state index < -0.39 is 10.0 Å². The highest BCUT2D eigenvalue weighted by Gasteiger charge is 2.31. The van der Waals surface area contributed by atoms with Crippen LogP contribution < -0.4 is 10.5 Å². The van der Waals surface area contributed by atoms with E-state index in [1.165, 1.54) is 6.26 Å². The lowest BCUT2D eigenvalue weighted by molar-refractivity contribution is -0.138. The third kappa shape index (κ3) is 6.02. The summed E-state index contributed by atoms with van der Waals surface area (Å²) in [6.45, 7) is 1.87. The number of amides is 1. The number of halogens is 1. The maximum atomic E-state index is 12.6. The number of carbonyl (C=O) groups excluding carboxylic acids is 1. The minimum Gasteiger partial charge on any atom is -0.342 e. The molecule has 22 heavy (non-hydrogen) atoms. The molecular formula is C14H28ClN3O3S. The van der Waals surface area contributed by atoms with E-state index in [0.29, 0.717) is 13.1 Å². The van der Waals surface area contributed by atoms with Crippen LogP contribution in [0.5, 0.6) is 0 Å². The minimum atomic E-state index is -3.16. The van der Waals surface area contributed by atoms with Gasteiger partial charge < -0.3 is 10.6 Å². The molecule has 0 aromatic heterocycles. The number of hydrogen-bond donors (Lipinski definition) is 2. The second-order valence-corrected chi connectivity index (χ2v) is 8.37. The third-order valence-corrected chi connectivity index (χ3v) is 5.22. The van der Waals surface area contributed by atoms with Gasteiger partial charge in [0.25, 0.3) is 0 Å². The highest BCUT2D eigenvalue weighted by atomic mass is 35.5. The Bertz CT molecular complexity index is 472. The molecule has 1 saturated carbocycles. The molecule has 1 aliphatic heterocycles. The molecule has 2 aliphatic rings. The zero-order valence-electron chi connectivity index (χ0n) is 13.2. The Labute approximate surface area is 139 Å². The number of likely N-dealkylation sites (tertiary alicyclic amines) is 1. The SMILES string of the molecule is CS(=O)(=O)NCC1CCCN(C(=O)C2CCCC(N)C2)C1.Cl. The van der Waals surface area contributed by atoms with Crippen LogP contribution in [0.3, 0.4) is 0 Å². The van der Waals surface area contributed by atoms with E-state index in [4.69, 9.17) is 5.73 Å². The van der Waals surface area contributed by atoms with Crippen LogP contribution in [0.1, 0.15) is 38.5 Å². The largest absolute Gasteiger partial charge is 0.342 e. The molecule has 0 spiro atoms. The molecule has 0 aromatic carbocycles. The van der Waals surface area contributed by atoms with E-state index in [1.807, 2.05) is 4.90 Å². The fourth-order valence-corrected chi connectivity index (χ4v) is 3.95. The second kappa shape index (κ2) is 8.47. The molecule has 130 valence electrons. The highest BCUT2D eigenvalue weighted by molar-refractivity contribution is 7.88. The first-order chi connectivity index (χ1) is 9.85. The molecule has 0 aromatic rings. The van der Waals surface area contributed by atoms with E-state index in [2.05, 4.69) is 4.72 Å². The Morgan fingerprint density at radius 3 is 2.64 bits per heavy atom. The topological polar surface area (TPSA) is 92.5 Å². The molecule has 1 aliphatic carbocycles. The first-order valence-corrected chi connectivity index (χ1v) is 9.73. The van der Waals surface area contributed by atoms with Crippen molar-refractivity contribution in [3.05, 3.63) is 0 Å². The van der Waals surface area contributed by atoms with Crippen LogP contribution in [-0.4, -0.2) is 51.2 Å². The fourth-order valence-electron chi connectivity index (χ4n) is 3.41. The molecule has 3 atom stereocenters. The first kappa shape index (κ1) is 19.7. The zero-order chi connectivity index (χ0) is 15.5. The van der Waals surface area contributed by atoms with Crippen LogP contribution in [0.15, 0.2) is 0 Å². The lowest BCUT2D eigenvalue weighted by Gasteiger charge is -2.36. The second-order valence-electron chi connectivity index (χ2n) is 6.54. The van der Waals surface area contributed by atoms with Gasteiger partial charge >= 0.3 is 0 Å². The van der Waals surface area contributed by atoms with Crippen molar-refractivity contribution in [3.8, 4) is 0 Å². The van der Waals surface area contributed by atoms with Crippen molar-refractivity contribution in [1.82, 2.24) is 9.62 Å². The maximum Gasteiger partial charge on any atom is 0.225 e. The maximum absolute atomic E-state index is 12.6. The molecule has 6 nitrogen and oxygen atoms in total. The van der Waals surface area contributed by atoms with E-state index in [1.54, 1.807) is 0 Å². The van der Waals surface area contributed by atoms with Crippen molar-refractivity contribution < 1.29 is 13.2 Å². The van der Waals surface area contributed by atoms with E-state index >= 15 is 0 Å². The lowest BCUT2D eigenvalue weighted by Crippen LogP contribution is -2.47. The summed E-state index contributed by atoms with van der Waals surface area (Å²) in [6, 6.07) is 0.153. The van der Waals surface area contributed by atoms with E-state index in [0.717, 1.165) is 45.1 Å². The van der Waals surface area contributed by atoms with Crippen LogP contribution in [-0.2, 0) is 14.8 Å². The normalized spacial score (nSPS) is 29.7. The van der Waals surface area contributed by atoms with Crippen molar-refractivity contribution in [3.63, 3.8) is 0 Å². The van der Waals surface area contributed by atoms with Gasteiger partial charge in [0.2, 0.25) is 15.9 Å². The summed E-state index contributed by atoms with van der Waals surface area (Å²) in [5.74, 6) is 0.499. The van der Waals surface area contributed by atoms with Gasteiger partial charge in [0, 0.05) is 31.6 Å². The average molecular weight is 354 g/mol. The standard InChI is InChI=1S/C14H27N3O3S.ClH/c1-21(19,20)16-9-11-4-3-7-17(10-11)14(18)12-5-2-6-13(15)8-12;/h11-13,16H,2-10,15H2,1H3;1H. The van der Waals surface area contributed by atoms with Gasteiger partial charge in [-0.3, -0.25) is 4.79 Å². The number of sulfonamides is 1. The minimum absolute atomic E-state index is 0. The summed E-state index contributed by atoms with van der Waals surface area (Å²) < 4.78 is 24.9. The van der Waals surface area contributed by atoms with Crippen LogP contribution in [0.4, 0.5) is 0 Å². The van der Waals surface area contributed by atoms with Crippen molar-refractivity contribution in [2.75, 3.05) is 25.9 Å². The van der Waals surface area contributed by atoms with E-state index in [-0.39, 0.29) is 36.2 Å². The van der Waals surface area contributed by atoms with Crippen molar-refractivity contribution >= 4 is 28.3 Å². The number of nitrogens with zero attached hydrogens (tertiary/aromatic N) is 1. The summed E-state index contributed by atoms with van der Waals surface area (Å²) in [6.07, 6.45) is 6.87. The van der Waals surface area contributed by atoms with Crippen LogP contribution in [0.25, 0.3) is 0 Å². The number of nitrogens with one attached hydrogen (secondary N) is 1. The monoisotopic (exact) mass is 353 g/mol. The highest BCUT2D eigenvalue weighted by Crippen LogP contribution is 2.27. The Balaban J connectivity index is 0.00000242. The first-order valence-electron chi connectivity index (χ1n) is 7.84. The molecule has 8 heteroatoms. The number of hydrogen-bond acceptors (Lipinski definition) is 4. The zero-order valence-corrected chi connectivity index (χ0v) is 14.8. The molecule has 2 fully saturated rings. The van der Waals surface area contributed by atoms with Crippen LogP contribution >= 0.6 is 12.4 Å². The summed E-state index contributed by atoms with van der Waals surface area (Å²) >= 11 is 0. The molecule has 2 rings (SSSR count). The van der Waals surface area contributed by atoms with Gasteiger partial charge in [0.1, 0.15) is 0 Å². The fraction of sp³-hybridized carbons (Fsp3) is 0.929. The van der Waals surface area contributed by atoms with Gasteiger partial charge in [-0.1, -0.05) is 6.42 Å². The lowest BCUT2D eigenvalue weighted by atomic mass is 9.84. The Kier molecular flexibility index (Phi) is 7.58. The number of carbonyl (C=O) groups is 1. The van der Waals surface area contributed by atoms with Gasteiger partial charge in [-0.2, -0.15) is 0 Å².